The molecule has 1 rings (SSSR count). The Bertz CT molecular complexity index is 268. The highest BCUT2D eigenvalue weighted by Crippen LogP contribution is 2.30. The van der Waals surface area contributed by atoms with Gasteiger partial charge in [-0.3, -0.25) is 0 Å². The maximum absolute atomic E-state index is 9.15. The number of ether oxygens (including phenoxy) is 1. The predicted molar refractivity (Wildman–Crippen MR) is 39.9 cm³/mol. The molecule has 1 radical (unpaired) electrons. The molecule has 11 heavy (non-hydrogen) atoms. The van der Waals surface area contributed by atoms with Crippen LogP contribution in [0.5, 0.6) is 17.2 Å². The Hall–Kier alpha value is -1.38. The van der Waals surface area contributed by atoms with Gasteiger partial charge in [-0.2, -0.15) is 0 Å². The summed E-state index contributed by atoms with van der Waals surface area (Å²) in [4.78, 5) is 0. The van der Waals surface area contributed by atoms with Crippen LogP contribution in [0.15, 0.2) is 6.07 Å². The second kappa shape index (κ2) is 2.70. The zero-order chi connectivity index (χ0) is 8.43. The molecule has 3 nitrogen and oxygen atoms in total. The van der Waals surface area contributed by atoms with Crippen molar-refractivity contribution in [2.75, 3.05) is 7.11 Å². The molecule has 0 bridgehead atoms. The van der Waals surface area contributed by atoms with Crippen molar-refractivity contribution in [2.45, 2.75) is 6.92 Å². The van der Waals surface area contributed by atoms with E-state index in [-0.39, 0.29) is 11.5 Å². The molecule has 1 aromatic carbocycles. The first-order valence-corrected chi connectivity index (χ1v) is 3.14. The third-order valence-corrected chi connectivity index (χ3v) is 1.44. The van der Waals surface area contributed by atoms with Gasteiger partial charge in [-0.15, -0.1) is 0 Å². The molecular weight excluding hydrogens is 144 g/mol. The van der Waals surface area contributed by atoms with Crippen molar-refractivity contribution in [1.29, 1.82) is 0 Å². The van der Waals surface area contributed by atoms with E-state index >= 15 is 0 Å². The van der Waals surface area contributed by atoms with Gasteiger partial charge in [0, 0.05) is 11.6 Å². The number of phenols is 2. The van der Waals surface area contributed by atoms with Crippen molar-refractivity contribution >= 4 is 0 Å². The number of hydrogen-bond donors (Lipinski definition) is 2. The Morgan fingerprint density at radius 3 is 2.64 bits per heavy atom. The van der Waals surface area contributed by atoms with Crippen LogP contribution in [0, 0.1) is 13.0 Å². The highest BCUT2D eigenvalue weighted by molar-refractivity contribution is 5.47. The summed E-state index contributed by atoms with van der Waals surface area (Å²) >= 11 is 0. The molecule has 2 N–H and O–H groups in total. The molecule has 1 aromatic rings. The molecule has 3 heteroatoms. The average molecular weight is 153 g/mol. The van der Waals surface area contributed by atoms with Crippen LogP contribution in [0.4, 0.5) is 0 Å². The number of benzene rings is 1. The molecule has 0 heterocycles. The smallest absolute Gasteiger partial charge is 0.137 e. The fourth-order valence-electron chi connectivity index (χ4n) is 0.804. The third-order valence-electron chi connectivity index (χ3n) is 1.44. The molecular formula is C8H9O3. The van der Waals surface area contributed by atoms with E-state index in [1.807, 2.05) is 0 Å². The van der Waals surface area contributed by atoms with Crippen LogP contribution in [0.25, 0.3) is 0 Å². The number of methoxy groups -OCH3 is 1. The standard InChI is InChI=1S/C8H9O3/c1-5-7(10)3-6(9)4-8(5)11-2/h3,9-10H,1-2H3. The number of phenolic OH excluding ortho intramolecular Hbond substituents is 2. The molecule has 0 aliphatic rings. The van der Waals surface area contributed by atoms with E-state index in [1.165, 1.54) is 13.2 Å². The van der Waals surface area contributed by atoms with Crippen molar-refractivity contribution in [3.8, 4) is 17.2 Å². The second-order valence-corrected chi connectivity index (χ2v) is 2.20. The van der Waals surface area contributed by atoms with Gasteiger partial charge in [-0.05, 0) is 6.92 Å². The fraction of sp³-hybridized carbons (Fsp3) is 0.250. The van der Waals surface area contributed by atoms with Gasteiger partial charge in [0.15, 0.2) is 0 Å². The quantitative estimate of drug-likeness (QED) is 0.637. The number of hydrogen-bond acceptors (Lipinski definition) is 3. The van der Waals surface area contributed by atoms with E-state index in [2.05, 4.69) is 6.07 Å². The van der Waals surface area contributed by atoms with Gasteiger partial charge < -0.3 is 14.9 Å². The lowest BCUT2D eigenvalue weighted by molar-refractivity contribution is 0.392. The predicted octanol–water partition coefficient (Wildman–Crippen LogP) is 1.22. The molecule has 0 atom stereocenters. The molecule has 0 aliphatic carbocycles. The van der Waals surface area contributed by atoms with Crippen molar-refractivity contribution in [3.05, 3.63) is 17.7 Å². The first kappa shape index (κ1) is 7.72. The van der Waals surface area contributed by atoms with E-state index in [1.54, 1.807) is 6.92 Å². The number of rotatable bonds is 1. The van der Waals surface area contributed by atoms with E-state index in [0.717, 1.165) is 0 Å². The first-order valence-electron chi connectivity index (χ1n) is 3.14. The van der Waals surface area contributed by atoms with Crippen molar-refractivity contribution < 1.29 is 14.9 Å². The van der Waals surface area contributed by atoms with E-state index in [4.69, 9.17) is 14.9 Å². The maximum Gasteiger partial charge on any atom is 0.137 e. The normalized spacial score (nSPS) is 9.64. The zero-order valence-corrected chi connectivity index (χ0v) is 6.38. The van der Waals surface area contributed by atoms with E-state index < -0.39 is 0 Å². The third kappa shape index (κ3) is 1.37. The number of aromatic hydroxyl groups is 2. The molecule has 0 spiro atoms. The Kier molecular flexibility index (Phi) is 1.89. The van der Waals surface area contributed by atoms with Gasteiger partial charge in [-0.1, -0.05) is 0 Å². The van der Waals surface area contributed by atoms with E-state index in [9.17, 15) is 0 Å². The summed E-state index contributed by atoms with van der Waals surface area (Å²) in [6.07, 6.45) is 0. The van der Waals surface area contributed by atoms with Crippen LogP contribution in [0.2, 0.25) is 0 Å². The molecule has 0 saturated carbocycles. The summed E-state index contributed by atoms with van der Waals surface area (Å²) < 4.78 is 4.83. The Labute approximate surface area is 64.9 Å². The van der Waals surface area contributed by atoms with Gasteiger partial charge in [0.05, 0.1) is 13.2 Å². The van der Waals surface area contributed by atoms with Crippen LogP contribution in [-0.2, 0) is 0 Å². The summed E-state index contributed by atoms with van der Waals surface area (Å²) in [5, 5.41) is 18.1. The lowest BCUT2D eigenvalue weighted by atomic mass is 10.2. The Balaban J connectivity index is 3.24. The Morgan fingerprint density at radius 1 is 1.45 bits per heavy atom. The summed E-state index contributed by atoms with van der Waals surface area (Å²) in [5.41, 5.74) is 0.574. The van der Waals surface area contributed by atoms with Crippen molar-refractivity contribution in [1.82, 2.24) is 0 Å². The van der Waals surface area contributed by atoms with Gasteiger partial charge in [0.25, 0.3) is 0 Å². The lowest BCUT2D eigenvalue weighted by Gasteiger charge is -2.05. The molecule has 0 saturated heterocycles. The van der Waals surface area contributed by atoms with Gasteiger partial charge >= 0.3 is 0 Å². The molecule has 0 unspecified atom stereocenters. The highest BCUT2D eigenvalue weighted by atomic mass is 16.5. The average Bonchev–Trinajstić information content (AvgIpc) is 1.96. The van der Waals surface area contributed by atoms with E-state index in [0.29, 0.717) is 11.3 Å². The SMILES string of the molecule is COc1[c]c(O)cc(O)c1C. The molecule has 0 aromatic heterocycles. The largest absolute Gasteiger partial charge is 0.507 e. The van der Waals surface area contributed by atoms with Crippen LogP contribution in [-0.4, -0.2) is 17.3 Å². The van der Waals surface area contributed by atoms with Crippen molar-refractivity contribution in [3.63, 3.8) is 0 Å². The van der Waals surface area contributed by atoms with Crippen LogP contribution in [0.1, 0.15) is 5.56 Å². The minimum atomic E-state index is -0.120. The fourth-order valence-corrected chi connectivity index (χ4v) is 0.804. The maximum atomic E-state index is 9.15. The van der Waals surface area contributed by atoms with Gasteiger partial charge in [-0.25, -0.2) is 0 Å². The summed E-state index contributed by atoms with van der Waals surface area (Å²) in [7, 11) is 1.46. The zero-order valence-electron chi connectivity index (χ0n) is 6.38. The van der Waals surface area contributed by atoms with Gasteiger partial charge in [0.1, 0.15) is 17.2 Å². The minimum Gasteiger partial charge on any atom is -0.507 e. The lowest BCUT2D eigenvalue weighted by Crippen LogP contribution is -1.87. The summed E-state index contributed by atoms with van der Waals surface area (Å²) in [6.45, 7) is 1.68. The highest BCUT2D eigenvalue weighted by Gasteiger charge is 2.05. The second-order valence-electron chi connectivity index (χ2n) is 2.20. The summed E-state index contributed by atoms with van der Waals surface area (Å²) in [5.74, 6) is 0.255. The molecule has 0 amide bonds. The molecule has 0 aliphatic heterocycles. The van der Waals surface area contributed by atoms with Gasteiger partial charge in [0.2, 0.25) is 0 Å². The van der Waals surface area contributed by atoms with Crippen LogP contribution < -0.4 is 4.74 Å². The monoisotopic (exact) mass is 153 g/mol. The van der Waals surface area contributed by atoms with Crippen molar-refractivity contribution in [2.24, 2.45) is 0 Å². The Morgan fingerprint density at radius 2 is 2.09 bits per heavy atom. The molecule has 59 valence electrons. The topological polar surface area (TPSA) is 49.7 Å². The van der Waals surface area contributed by atoms with Crippen LogP contribution >= 0.6 is 0 Å². The first-order chi connectivity index (χ1) is 5.15. The summed E-state index contributed by atoms with van der Waals surface area (Å²) in [6, 6.07) is 3.76. The van der Waals surface area contributed by atoms with Crippen LogP contribution in [0.3, 0.4) is 0 Å². The minimum absolute atomic E-state index is 0.0121. The molecule has 0 fully saturated rings.